The van der Waals surface area contributed by atoms with Crippen LogP contribution in [-0.4, -0.2) is 27.8 Å². The molecular weight excluding hydrogens is 397 g/mol. The van der Waals surface area contributed by atoms with Crippen LogP contribution in [0.1, 0.15) is 46.9 Å². The predicted molar refractivity (Wildman–Crippen MR) is 105 cm³/mol. The average molecular weight is 418 g/mol. The van der Waals surface area contributed by atoms with Gasteiger partial charge in [-0.25, -0.2) is 9.67 Å². The van der Waals surface area contributed by atoms with Crippen molar-refractivity contribution in [2.24, 2.45) is 0 Å². The van der Waals surface area contributed by atoms with Gasteiger partial charge in [0.1, 0.15) is 5.75 Å². The van der Waals surface area contributed by atoms with Crippen molar-refractivity contribution >= 4 is 5.91 Å². The molecule has 6 nitrogen and oxygen atoms in total. The molecule has 0 saturated heterocycles. The van der Waals surface area contributed by atoms with Crippen LogP contribution >= 0.6 is 0 Å². The van der Waals surface area contributed by atoms with E-state index in [1.807, 2.05) is 26.0 Å². The minimum absolute atomic E-state index is 0.113. The third-order valence-electron chi connectivity index (χ3n) is 4.50. The van der Waals surface area contributed by atoms with Gasteiger partial charge in [0.2, 0.25) is 0 Å². The molecule has 30 heavy (non-hydrogen) atoms. The Morgan fingerprint density at radius 2 is 1.83 bits per heavy atom. The van der Waals surface area contributed by atoms with Gasteiger partial charge in [0.25, 0.3) is 5.91 Å². The second kappa shape index (κ2) is 8.56. The van der Waals surface area contributed by atoms with Gasteiger partial charge in [-0.15, -0.1) is 0 Å². The van der Waals surface area contributed by atoms with Crippen LogP contribution < -0.4 is 10.1 Å². The highest BCUT2D eigenvalue weighted by atomic mass is 19.4. The number of hydrogen-bond acceptors (Lipinski definition) is 4. The smallest absolute Gasteiger partial charge is 0.417 e. The zero-order valence-corrected chi connectivity index (χ0v) is 16.7. The molecule has 0 radical (unpaired) electrons. The Kier molecular flexibility index (Phi) is 6.09. The number of hydrogen-bond donors (Lipinski definition) is 1. The summed E-state index contributed by atoms with van der Waals surface area (Å²) in [4.78, 5) is 16.6. The number of carbonyl (C=O) groups is 1. The Bertz CT molecular complexity index is 1010. The molecule has 1 aromatic carbocycles. The lowest BCUT2D eigenvalue weighted by molar-refractivity contribution is -0.137. The highest BCUT2D eigenvalue weighted by molar-refractivity contribution is 5.95. The molecule has 0 spiro atoms. The minimum Gasteiger partial charge on any atom is -0.497 e. The first-order valence-corrected chi connectivity index (χ1v) is 9.23. The largest absolute Gasteiger partial charge is 0.497 e. The molecule has 1 amide bonds. The van der Waals surface area contributed by atoms with E-state index in [9.17, 15) is 18.0 Å². The summed E-state index contributed by atoms with van der Waals surface area (Å²) in [5.74, 6) is 0.490. The van der Waals surface area contributed by atoms with E-state index in [0.29, 0.717) is 17.8 Å². The van der Waals surface area contributed by atoms with Crippen molar-refractivity contribution in [2.75, 3.05) is 7.11 Å². The minimum atomic E-state index is -4.47. The molecule has 2 aromatic heterocycles. The second-order valence-electron chi connectivity index (χ2n) is 6.94. The molecule has 0 aliphatic rings. The summed E-state index contributed by atoms with van der Waals surface area (Å²) in [6.45, 7) is 4.06. The maximum Gasteiger partial charge on any atom is 0.417 e. The number of carbonyl (C=O) groups excluding carboxylic acids is 1. The third-order valence-corrected chi connectivity index (χ3v) is 4.50. The molecule has 3 rings (SSSR count). The number of halogens is 3. The van der Waals surface area contributed by atoms with E-state index in [2.05, 4.69) is 15.4 Å². The highest BCUT2D eigenvalue weighted by Crippen LogP contribution is 2.29. The highest BCUT2D eigenvalue weighted by Gasteiger charge is 2.31. The molecule has 9 heteroatoms. The monoisotopic (exact) mass is 418 g/mol. The maximum atomic E-state index is 12.8. The second-order valence-corrected chi connectivity index (χ2v) is 6.94. The number of benzene rings is 1. The first-order chi connectivity index (χ1) is 14.2. The molecule has 0 aliphatic heterocycles. The summed E-state index contributed by atoms with van der Waals surface area (Å²) in [6.07, 6.45) is -2.31. The predicted octanol–water partition coefficient (Wildman–Crippen LogP) is 4.35. The van der Waals surface area contributed by atoms with E-state index in [-0.39, 0.29) is 17.6 Å². The van der Waals surface area contributed by atoms with E-state index in [1.54, 1.807) is 19.2 Å². The van der Waals surface area contributed by atoms with Crippen LogP contribution in [-0.2, 0) is 12.7 Å². The van der Waals surface area contributed by atoms with Gasteiger partial charge in [-0.05, 0) is 35.7 Å². The molecule has 0 unspecified atom stereocenters. The summed E-state index contributed by atoms with van der Waals surface area (Å²) in [5.41, 5.74) is 0.962. The summed E-state index contributed by atoms with van der Waals surface area (Å²) in [5, 5.41) is 7.03. The van der Waals surface area contributed by atoms with Crippen molar-refractivity contribution in [3.8, 4) is 11.6 Å². The first-order valence-electron chi connectivity index (χ1n) is 9.23. The SMILES string of the molecule is COc1ccc(CNC(=O)c2cnn(-c3ccc(C(F)(F)F)cn3)c2C(C)C)cc1. The molecule has 1 N–H and O–H groups in total. The molecule has 158 valence electrons. The number of alkyl halides is 3. The zero-order valence-electron chi connectivity index (χ0n) is 16.7. The van der Waals surface area contributed by atoms with E-state index in [4.69, 9.17) is 4.74 Å². The number of methoxy groups -OCH3 is 1. The number of pyridine rings is 1. The van der Waals surface area contributed by atoms with Gasteiger partial charge in [-0.2, -0.15) is 18.3 Å². The van der Waals surface area contributed by atoms with Gasteiger partial charge in [-0.1, -0.05) is 26.0 Å². The number of aromatic nitrogens is 3. The van der Waals surface area contributed by atoms with Gasteiger partial charge in [0, 0.05) is 12.7 Å². The van der Waals surface area contributed by atoms with E-state index in [1.165, 1.54) is 16.9 Å². The Hall–Kier alpha value is -3.36. The van der Waals surface area contributed by atoms with E-state index < -0.39 is 11.7 Å². The van der Waals surface area contributed by atoms with Crippen molar-refractivity contribution in [1.82, 2.24) is 20.1 Å². The summed E-state index contributed by atoms with van der Waals surface area (Å²) in [7, 11) is 1.58. The maximum absolute atomic E-state index is 12.8. The zero-order chi connectivity index (χ0) is 21.9. The van der Waals surface area contributed by atoms with Crippen molar-refractivity contribution in [2.45, 2.75) is 32.5 Å². The van der Waals surface area contributed by atoms with Gasteiger partial charge in [0.15, 0.2) is 5.82 Å². The van der Waals surface area contributed by atoms with E-state index >= 15 is 0 Å². The van der Waals surface area contributed by atoms with Crippen LogP contribution in [0.2, 0.25) is 0 Å². The van der Waals surface area contributed by atoms with Gasteiger partial charge >= 0.3 is 6.18 Å². The Balaban J connectivity index is 1.82. The van der Waals surface area contributed by atoms with Gasteiger partial charge in [-0.3, -0.25) is 4.79 Å². The fourth-order valence-corrected chi connectivity index (χ4v) is 2.97. The van der Waals surface area contributed by atoms with Crippen LogP contribution in [0.25, 0.3) is 5.82 Å². The fourth-order valence-electron chi connectivity index (χ4n) is 2.97. The number of nitrogens with zero attached hydrogens (tertiary/aromatic N) is 3. The van der Waals surface area contributed by atoms with E-state index in [0.717, 1.165) is 23.6 Å². The number of rotatable bonds is 6. The molecule has 0 fully saturated rings. The van der Waals surface area contributed by atoms with Crippen LogP contribution in [0.3, 0.4) is 0 Å². The summed E-state index contributed by atoms with van der Waals surface area (Å²) in [6, 6.07) is 9.47. The molecule has 0 aliphatic carbocycles. The third kappa shape index (κ3) is 4.61. The van der Waals surface area contributed by atoms with Gasteiger partial charge < -0.3 is 10.1 Å². The van der Waals surface area contributed by atoms with Crippen molar-refractivity contribution in [3.63, 3.8) is 0 Å². The fraction of sp³-hybridized carbons (Fsp3) is 0.286. The molecule has 0 bridgehead atoms. The lowest BCUT2D eigenvalue weighted by atomic mass is 10.1. The first kappa shape index (κ1) is 21.4. The Morgan fingerprint density at radius 3 is 2.37 bits per heavy atom. The van der Waals surface area contributed by atoms with Crippen LogP contribution in [0.15, 0.2) is 48.8 Å². The summed E-state index contributed by atoms with van der Waals surface area (Å²) < 4.78 is 44.9. The Morgan fingerprint density at radius 1 is 1.13 bits per heavy atom. The number of nitrogens with one attached hydrogen (secondary N) is 1. The molecule has 0 saturated carbocycles. The average Bonchev–Trinajstić information content (AvgIpc) is 3.17. The van der Waals surface area contributed by atoms with Gasteiger partial charge in [0.05, 0.1) is 30.1 Å². The lowest BCUT2D eigenvalue weighted by Crippen LogP contribution is -2.24. The Labute approximate surface area is 171 Å². The molecular formula is C21H21F3N4O2. The van der Waals surface area contributed by atoms with Crippen LogP contribution in [0, 0.1) is 0 Å². The lowest BCUT2D eigenvalue weighted by Gasteiger charge is -2.13. The molecule has 3 aromatic rings. The molecule has 0 atom stereocenters. The normalized spacial score (nSPS) is 11.6. The standard InChI is InChI=1S/C21H21F3N4O2/c1-13(2)19-17(20(29)26-10-14-4-7-16(30-3)8-5-14)12-27-28(19)18-9-6-15(11-25-18)21(22,23)24/h4-9,11-13H,10H2,1-3H3,(H,26,29). The van der Waals surface area contributed by atoms with Crippen LogP contribution in [0.4, 0.5) is 13.2 Å². The number of amides is 1. The van der Waals surface area contributed by atoms with Crippen LogP contribution in [0.5, 0.6) is 5.75 Å². The van der Waals surface area contributed by atoms with Crippen molar-refractivity contribution in [3.05, 3.63) is 71.2 Å². The number of ether oxygens (including phenoxy) is 1. The van der Waals surface area contributed by atoms with Crippen molar-refractivity contribution < 1.29 is 22.7 Å². The quantitative estimate of drug-likeness (QED) is 0.646. The topological polar surface area (TPSA) is 69.0 Å². The summed E-state index contributed by atoms with van der Waals surface area (Å²) >= 11 is 0. The van der Waals surface area contributed by atoms with Crippen molar-refractivity contribution in [1.29, 1.82) is 0 Å². The molecule has 2 heterocycles.